The second-order valence-electron chi connectivity index (χ2n) is 9.58. The standard InChI is InChI=1S/C30H29N5O7/c1-39-22-12-8-20(9-13-22)30(19-6-4-3-5-7-19,21-10-14-23(40-2)15-11-21)41-18-24-27(37)26(33-34-31)28(42-24)35-17-16-25(36)32-29(35)38/h3-17,24,26-28,37H,18H2,1-2H3,(H,32,36,38)/t24-,26+,27?,28-/m1/s1. The monoisotopic (exact) mass is 571 g/mol. The number of rotatable bonds is 10. The van der Waals surface area contributed by atoms with Crippen LogP contribution in [0.3, 0.4) is 0 Å². The number of nitrogens with zero attached hydrogens (tertiary/aromatic N) is 4. The van der Waals surface area contributed by atoms with Crippen molar-refractivity contribution in [2.45, 2.75) is 30.1 Å². The lowest BCUT2D eigenvalue weighted by atomic mass is 9.80. The van der Waals surface area contributed by atoms with Crippen LogP contribution in [0.2, 0.25) is 0 Å². The molecule has 0 spiro atoms. The maximum Gasteiger partial charge on any atom is 0.330 e. The van der Waals surface area contributed by atoms with Gasteiger partial charge >= 0.3 is 5.69 Å². The third-order valence-corrected chi connectivity index (χ3v) is 7.29. The number of hydrogen-bond acceptors (Lipinski definition) is 8. The highest BCUT2D eigenvalue weighted by atomic mass is 16.6. The normalized spacial score (nSPS) is 20.1. The number of aromatic amines is 1. The Bertz CT molecular complexity index is 1620. The highest BCUT2D eigenvalue weighted by Crippen LogP contribution is 2.43. The molecule has 1 aliphatic rings. The summed E-state index contributed by atoms with van der Waals surface area (Å²) in [4.78, 5) is 29.1. The quantitative estimate of drug-likeness (QED) is 0.127. The number of benzene rings is 3. The predicted octanol–water partition coefficient (Wildman–Crippen LogP) is 3.50. The van der Waals surface area contributed by atoms with E-state index in [-0.39, 0.29) is 6.61 Å². The molecule has 1 aliphatic heterocycles. The molecule has 1 unspecified atom stereocenters. The fourth-order valence-corrected chi connectivity index (χ4v) is 5.19. The van der Waals surface area contributed by atoms with Gasteiger partial charge in [-0.3, -0.25) is 14.3 Å². The highest BCUT2D eigenvalue weighted by Gasteiger charge is 2.47. The van der Waals surface area contributed by atoms with Gasteiger partial charge < -0.3 is 24.1 Å². The Morgan fingerprint density at radius 1 is 0.929 bits per heavy atom. The number of aliphatic hydroxyl groups excluding tert-OH is 1. The Kier molecular flexibility index (Phi) is 8.41. The molecule has 4 atom stereocenters. The van der Waals surface area contributed by atoms with Gasteiger partial charge in [0.2, 0.25) is 0 Å². The van der Waals surface area contributed by atoms with Crippen molar-refractivity contribution in [3.05, 3.63) is 139 Å². The number of aromatic nitrogens is 2. The Balaban J connectivity index is 1.58. The van der Waals surface area contributed by atoms with E-state index in [2.05, 4.69) is 15.0 Å². The minimum atomic E-state index is -1.33. The van der Waals surface area contributed by atoms with Gasteiger partial charge in [0.1, 0.15) is 35.5 Å². The SMILES string of the molecule is COc1ccc(C(OC[C@H]2O[C@@H](n3ccc(=O)[nH]c3=O)[C@@H](N=[N+]=[N-])C2O)(c2ccccc2)c2ccc(OC)cc2)cc1. The zero-order chi connectivity index (χ0) is 29.7. The van der Waals surface area contributed by atoms with Gasteiger partial charge in [-0.05, 0) is 46.5 Å². The molecule has 4 aromatic rings. The first-order chi connectivity index (χ1) is 20.4. The fraction of sp³-hybridized carbons (Fsp3) is 0.267. The van der Waals surface area contributed by atoms with Crippen molar-refractivity contribution in [3.8, 4) is 11.5 Å². The van der Waals surface area contributed by atoms with E-state index in [1.165, 1.54) is 6.20 Å². The molecule has 3 aromatic carbocycles. The van der Waals surface area contributed by atoms with Crippen molar-refractivity contribution in [2.75, 3.05) is 20.8 Å². The first-order valence-corrected chi connectivity index (χ1v) is 13.1. The Hall–Kier alpha value is -4.87. The molecule has 216 valence electrons. The number of aliphatic hydroxyl groups is 1. The van der Waals surface area contributed by atoms with Crippen LogP contribution in [0, 0.1) is 0 Å². The highest BCUT2D eigenvalue weighted by molar-refractivity contribution is 5.49. The average Bonchev–Trinajstić information content (AvgIpc) is 3.33. The molecule has 2 heterocycles. The van der Waals surface area contributed by atoms with E-state index in [0.717, 1.165) is 27.3 Å². The lowest BCUT2D eigenvalue weighted by molar-refractivity contribution is -0.0945. The summed E-state index contributed by atoms with van der Waals surface area (Å²) < 4.78 is 24.7. The predicted molar refractivity (Wildman–Crippen MR) is 152 cm³/mol. The van der Waals surface area contributed by atoms with Gasteiger partial charge in [-0.15, -0.1) is 0 Å². The maximum absolute atomic E-state index is 12.5. The van der Waals surface area contributed by atoms with Crippen LogP contribution in [0.25, 0.3) is 10.4 Å². The summed E-state index contributed by atoms with van der Waals surface area (Å²) in [5, 5.41) is 14.9. The molecule has 1 saturated heterocycles. The molecule has 0 bridgehead atoms. The molecule has 0 radical (unpaired) electrons. The zero-order valence-corrected chi connectivity index (χ0v) is 22.9. The number of azide groups is 1. The van der Waals surface area contributed by atoms with Gasteiger partial charge in [0.25, 0.3) is 5.56 Å². The summed E-state index contributed by atoms with van der Waals surface area (Å²) in [6.45, 7) is -0.166. The van der Waals surface area contributed by atoms with Crippen LogP contribution in [0.5, 0.6) is 11.5 Å². The molecule has 42 heavy (non-hydrogen) atoms. The molecular weight excluding hydrogens is 542 g/mol. The first-order valence-electron chi connectivity index (χ1n) is 13.1. The number of nitrogens with one attached hydrogen (secondary N) is 1. The fourth-order valence-electron chi connectivity index (χ4n) is 5.19. The van der Waals surface area contributed by atoms with E-state index < -0.39 is 41.3 Å². The third kappa shape index (κ3) is 5.39. The molecule has 5 rings (SSSR count). The minimum absolute atomic E-state index is 0.166. The number of methoxy groups -OCH3 is 2. The molecule has 1 aromatic heterocycles. The van der Waals surface area contributed by atoms with Crippen molar-refractivity contribution in [2.24, 2.45) is 5.11 Å². The van der Waals surface area contributed by atoms with Crippen molar-refractivity contribution in [3.63, 3.8) is 0 Å². The molecule has 0 amide bonds. The van der Waals surface area contributed by atoms with E-state index in [1.807, 2.05) is 78.9 Å². The van der Waals surface area contributed by atoms with Crippen molar-refractivity contribution < 1.29 is 24.1 Å². The van der Waals surface area contributed by atoms with Gasteiger partial charge in [-0.25, -0.2) is 4.79 Å². The van der Waals surface area contributed by atoms with Gasteiger partial charge in [0.15, 0.2) is 0 Å². The molecular formula is C30H29N5O7. The van der Waals surface area contributed by atoms with Crippen LogP contribution >= 0.6 is 0 Å². The number of H-pyrrole nitrogens is 1. The van der Waals surface area contributed by atoms with Gasteiger partial charge in [0.05, 0.1) is 26.9 Å². The van der Waals surface area contributed by atoms with E-state index in [4.69, 9.17) is 18.9 Å². The Morgan fingerprint density at radius 2 is 1.50 bits per heavy atom. The lowest BCUT2D eigenvalue weighted by Crippen LogP contribution is -2.39. The summed E-state index contributed by atoms with van der Waals surface area (Å²) in [6, 6.07) is 24.5. The Morgan fingerprint density at radius 3 is 2.02 bits per heavy atom. The third-order valence-electron chi connectivity index (χ3n) is 7.29. The van der Waals surface area contributed by atoms with Gasteiger partial charge in [0, 0.05) is 17.2 Å². The molecule has 1 fully saturated rings. The first kappa shape index (κ1) is 28.7. The summed E-state index contributed by atoms with van der Waals surface area (Å²) in [5.41, 5.74) is 8.98. The van der Waals surface area contributed by atoms with Crippen LogP contribution in [0.1, 0.15) is 22.9 Å². The van der Waals surface area contributed by atoms with Crippen LogP contribution in [0.4, 0.5) is 0 Å². The lowest BCUT2D eigenvalue weighted by Gasteiger charge is -2.37. The molecule has 0 aliphatic carbocycles. The average molecular weight is 572 g/mol. The molecule has 2 N–H and O–H groups in total. The van der Waals surface area contributed by atoms with Crippen molar-refractivity contribution in [1.29, 1.82) is 0 Å². The van der Waals surface area contributed by atoms with E-state index in [9.17, 15) is 20.2 Å². The minimum Gasteiger partial charge on any atom is -0.497 e. The summed E-state index contributed by atoms with van der Waals surface area (Å²) in [7, 11) is 3.17. The number of ether oxygens (including phenoxy) is 4. The topological polar surface area (TPSA) is 161 Å². The van der Waals surface area contributed by atoms with E-state index in [0.29, 0.717) is 11.5 Å². The summed E-state index contributed by atoms with van der Waals surface area (Å²) >= 11 is 0. The summed E-state index contributed by atoms with van der Waals surface area (Å²) in [5.74, 6) is 1.33. The van der Waals surface area contributed by atoms with Gasteiger partial charge in [-0.2, -0.15) is 0 Å². The largest absolute Gasteiger partial charge is 0.497 e. The van der Waals surface area contributed by atoms with Crippen LogP contribution < -0.4 is 20.7 Å². The van der Waals surface area contributed by atoms with Gasteiger partial charge in [-0.1, -0.05) is 59.7 Å². The second-order valence-corrected chi connectivity index (χ2v) is 9.58. The van der Waals surface area contributed by atoms with E-state index >= 15 is 0 Å². The van der Waals surface area contributed by atoms with E-state index in [1.54, 1.807) is 14.2 Å². The molecule has 12 heteroatoms. The summed E-state index contributed by atoms with van der Waals surface area (Å²) in [6.07, 6.45) is -2.29. The van der Waals surface area contributed by atoms with Crippen LogP contribution in [-0.4, -0.2) is 53.7 Å². The maximum atomic E-state index is 12.5. The smallest absolute Gasteiger partial charge is 0.330 e. The zero-order valence-electron chi connectivity index (χ0n) is 22.9. The van der Waals surface area contributed by atoms with Crippen LogP contribution in [0.15, 0.2) is 106 Å². The van der Waals surface area contributed by atoms with Crippen molar-refractivity contribution >= 4 is 0 Å². The number of hydrogen-bond donors (Lipinski definition) is 2. The second kappa shape index (κ2) is 12.3. The Labute approximate surface area is 240 Å². The van der Waals surface area contributed by atoms with Crippen LogP contribution in [-0.2, 0) is 15.1 Å². The van der Waals surface area contributed by atoms with Crippen molar-refractivity contribution in [1.82, 2.24) is 9.55 Å². The molecule has 12 nitrogen and oxygen atoms in total. The molecule has 0 saturated carbocycles.